The van der Waals surface area contributed by atoms with E-state index in [0.717, 1.165) is 4.68 Å². The molecular weight excluding hydrogens is 188 g/mol. The second kappa shape index (κ2) is 2.83. The van der Waals surface area contributed by atoms with E-state index in [2.05, 4.69) is 20.3 Å². The predicted molar refractivity (Wildman–Crippen MR) is 44.9 cm³/mol. The largest absolute Gasteiger partial charge is 0.476 e. The molecule has 0 spiro atoms. The molecule has 0 amide bonds. The van der Waals surface area contributed by atoms with Gasteiger partial charge in [-0.1, -0.05) is 5.21 Å². The molecule has 14 heavy (non-hydrogen) atoms. The van der Waals surface area contributed by atoms with E-state index in [9.17, 15) is 4.79 Å². The summed E-state index contributed by atoms with van der Waals surface area (Å²) in [7, 11) is 0. The SMILES string of the molecule is Nc1nnn(-c2ncc[nH]2)c1C(=O)O. The first-order valence-corrected chi connectivity index (χ1v) is 3.64. The Hall–Kier alpha value is -2.38. The molecule has 0 bridgehead atoms. The van der Waals surface area contributed by atoms with E-state index in [1.54, 1.807) is 6.20 Å². The Labute approximate surface area is 77.4 Å². The maximum absolute atomic E-state index is 10.8. The molecule has 8 nitrogen and oxygen atoms in total. The van der Waals surface area contributed by atoms with Crippen LogP contribution in [-0.2, 0) is 0 Å². The van der Waals surface area contributed by atoms with Crippen molar-refractivity contribution in [2.24, 2.45) is 0 Å². The van der Waals surface area contributed by atoms with Gasteiger partial charge in [0.1, 0.15) is 0 Å². The minimum atomic E-state index is -1.20. The van der Waals surface area contributed by atoms with Crippen molar-refractivity contribution < 1.29 is 9.90 Å². The van der Waals surface area contributed by atoms with E-state index in [1.165, 1.54) is 6.20 Å². The zero-order valence-electron chi connectivity index (χ0n) is 6.88. The molecule has 0 aliphatic rings. The van der Waals surface area contributed by atoms with Crippen LogP contribution >= 0.6 is 0 Å². The number of hydrogen-bond donors (Lipinski definition) is 3. The third-order valence-corrected chi connectivity index (χ3v) is 1.58. The van der Waals surface area contributed by atoms with Gasteiger partial charge in [0.25, 0.3) is 0 Å². The molecule has 0 unspecified atom stereocenters. The van der Waals surface area contributed by atoms with Gasteiger partial charge in [0.2, 0.25) is 5.95 Å². The summed E-state index contributed by atoms with van der Waals surface area (Å²) in [6, 6.07) is 0. The van der Waals surface area contributed by atoms with Crippen molar-refractivity contribution in [3.63, 3.8) is 0 Å². The molecule has 0 saturated heterocycles. The average Bonchev–Trinajstić information content (AvgIpc) is 2.70. The molecule has 0 fully saturated rings. The van der Waals surface area contributed by atoms with Crippen molar-refractivity contribution in [1.29, 1.82) is 0 Å². The molecule has 2 aromatic rings. The average molecular weight is 194 g/mol. The lowest BCUT2D eigenvalue weighted by atomic mass is 10.4. The number of nitrogen functional groups attached to an aromatic ring is 1. The van der Waals surface area contributed by atoms with Gasteiger partial charge < -0.3 is 15.8 Å². The van der Waals surface area contributed by atoms with Crippen LogP contribution in [0.15, 0.2) is 12.4 Å². The van der Waals surface area contributed by atoms with Gasteiger partial charge in [-0.25, -0.2) is 9.78 Å². The molecule has 0 aliphatic carbocycles. The molecule has 0 aliphatic heterocycles. The van der Waals surface area contributed by atoms with E-state index in [-0.39, 0.29) is 17.5 Å². The standard InChI is InChI=1S/C6H6N6O2/c7-4-3(5(13)14)12(11-10-4)6-8-1-2-9-6/h1-2H,7H2,(H,8,9)(H,13,14). The molecule has 0 radical (unpaired) electrons. The molecule has 0 aromatic carbocycles. The summed E-state index contributed by atoms with van der Waals surface area (Å²) in [6.07, 6.45) is 3.01. The second-order valence-corrected chi connectivity index (χ2v) is 2.45. The molecular formula is C6H6N6O2. The van der Waals surface area contributed by atoms with Gasteiger partial charge in [-0.05, 0) is 0 Å². The number of H-pyrrole nitrogens is 1. The van der Waals surface area contributed by atoms with Gasteiger partial charge in [0.15, 0.2) is 11.5 Å². The molecule has 2 heterocycles. The van der Waals surface area contributed by atoms with Crippen molar-refractivity contribution >= 4 is 11.8 Å². The fourth-order valence-electron chi connectivity index (χ4n) is 1.01. The van der Waals surface area contributed by atoms with E-state index in [1.807, 2.05) is 0 Å². The highest BCUT2D eigenvalue weighted by molar-refractivity contribution is 5.90. The Morgan fingerprint density at radius 3 is 3.00 bits per heavy atom. The lowest BCUT2D eigenvalue weighted by Crippen LogP contribution is -2.10. The predicted octanol–water partition coefficient (Wildman–Crippen LogP) is -0.729. The van der Waals surface area contributed by atoms with Crippen LogP contribution in [0.25, 0.3) is 5.95 Å². The van der Waals surface area contributed by atoms with Crippen molar-refractivity contribution in [1.82, 2.24) is 25.0 Å². The zero-order chi connectivity index (χ0) is 10.1. The monoisotopic (exact) mass is 194 g/mol. The Morgan fingerprint density at radius 2 is 2.43 bits per heavy atom. The fraction of sp³-hybridized carbons (Fsp3) is 0. The van der Waals surface area contributed by atoms with Crippen LogP contribution in [0.5, 0.6) is 0 Å². The number of aromatic nitrogens is 5. The zero-order valence-corrected chi connectivity index (χ0v) is 6.88. The quantitative estimate of drug-likeness (QED) is 0.579. The Balaban J connectivity index is 2.60. The van der Waals surface area contributed by atoms with Crippen LogP contribution in [0.1, 0.15) is 10.5 Å². The van der Waals surface area contributed by atoms with Crippen LogP contribution in [-0.4, -0.2) is 36.0 Å². The first-order chi connectivity index (χ1) is 6.70. The lowest BCUT2D eigenvalue weighted by Gasteiger charge is -1.97. The van der Waals surface area contributed by atoms with Crippen molar-refractivity contribution in [2.45, 2.75) is 0 Å². The number of aromatic carboxylic acids is 1. The fourth-order valence-corrected chi connectivity index (χ4v) is 1.01. The van der Waals surface area contributed by atoms with E-state index < -0.39 is 5.97 Å². The number of imidazole rings is 1. The number of nitrogens with two attached hydrogens (primary N) is 1. The summed E-state index contributed by atoms with van der Waals surface area (Å²) < 4.78 is 1.03. The normalized spacial score (nSPS) is 10.3. The molecule has 4 N–H and O–H groups in total. The summed E-state index contributed by atoms with van der Waals surface area (Å²) in [5, 5.41) is 15.8. The molecule has 0 saturated carbocycles. The van der Waals surface area contributed by atoms with Gasteiger partial charge in [0, 0.05) is 12.4 Å². The van der Waals surface area contributed by atoms with Gasteiger partial charge in [0.05, 0.1) is 0 Å². The molecule has 2 rings (SSSR count). The van der Waals surface area contributed by atoms with Gasteiger partial charge in [-0.2, -0.15) is 4.68 Å². The summed E-state index contributed by atoms with van der Waals surface area (Å²) in [4.78, 5) is 17.3. The first kappa shape index (κ1) is 8.23. The minimum Gasteiger partial charge on any atom is -0.476 e. The van der Waals surface area contributed by atoms with E-state index >= 15 is 0 Å². The number of anilines is 1. The Kier molecular flexibility index (Phi) is 1.67. The van der Waals surface area contributed by atoms with E-state index in [4.69, 9.17) is 10.8 Å². The molecule has 72 valence electrons. The summed E-state index contributed by atoms with van der Waals surface area (Å²) in [5.74, 6) is -1.09. The third kappa shape index (κ3) is 1.09. The van der Waals surface area contributed by atoms with Crippen LogP contribution < -0.4 is 5.73 Å². The number of nitrogens with zero attached hydrogens (tertiary/aromatic N) is 4. The molecule has 0 atom stereocenters. The highest BCUT2D eigenvalue weighted by Gasteiger charge is 2.19. The number of carboxylic acid groups (broad SMARTS) is 1. The van der Waals surface area contributed by atoms with Crippen LogP contribution in [0.3, 0.4) is 0 Å². The van der Waals surface area contributed by atoms with Gasteiger partial charge in [-0.15, -0.1) is 5.10 Å². The highest BCUT2D eigenvalue weighted by atomic mass is 16.4. The van der Waals surface area contributed by atoms with E-state index in [0.29, 0.717) is 0 Å². The lowest BCUT2D eigenvalue weighted by molar-refractivity contribution is 0.0688. The van der Waals surface area contributed by atoms with Crippen LogP contribution in [0.4, 0.5) is 5.82 Å². The smallest absolute Gasteiger partial charge is 0.358 e. The highest BCUT2D eigenvalue weighted by Crippen LogP contribution is 2.10. The Bertz CT molecular complexity index is 459. The Morgan fingerprint density at radius 1 is 1.64 bits per heavy atom. The number of nitrogens with one attached hydrogen (secondary N) is 1. The number of rotatable bonds is 2. The first-order valence-electron chi connectivity index (χ1n) is 3.64. The van der Waals surface area contributed by atoms with Crippen LogP contribution in [0.2, 0.25) is 0 Å². The third-order valence-electron chi connectivity index (χ3n) is 1.58. The summed E-state index contributed by atoms with van der Waals surface area (Å²) >= 11 is 0. The maximum Gasteiger partial charge on any atom is 0.358 e. The second-order valence-electron chi connectivity index (χ2n) is 2.45. The van der Waals surface area contributed by atoms with Crippen molar-refractivity contribution in [3.8, 4) is 5.95 Å². The summed E-state index contributed by atoms with van der Waals surface area (Å²) in [5.41, 5.74) is 5.12. The van der Waals surface area contributed by atoms with Crippen molar-refractivity contribution in [3.05, 3.63) is 18.1 Å². The maximum atomic E-state index is 10.8. The molecule has 8 heteroatoms. The minimum absolute atomic E-state index is 0.145. The van der Waals surface area contributed by atoms with Crippen LogP contribution in [0, 0.1) is 0 Å². The number of hydrogen-bond acceptors (Lipinski definition) is 5. The van der Waals surface area contributed by atoms with Crippen molar-refractivity contribution in [2.75, 3.05) is 5.73 Å². The van der Waals surface area contributed by atoms with Gasteiger partial charge >= 0.3 is 5.97 Å². The number of carboxylic acids is 1. The summed E-state index contributed by atoms with van der Waals surface area (Å²) in [6.45, 7) is 0. The number of aromatic amines is 1. The van der Waals surface area contributed by atoms with Gasteiger partial charge in [-0.3, -0.25) is 0 Å². The number of carbonyl (C=O) groups is 1. The molecule has 2 aromatic heterocycles. The topological polar surface area (TPSA) is 123 Å².